The van der Waals surface area contributed by atoms with Crippen molar-refractivity contribution < 1.29 is 4.39 Å². The van der Waals surface area contributed by atoms with Crippen molar-refractivity contribution in [3.63, 3.8) is 0 Å². The standard InChI is InChI=1S/C14H19FN2/c1-10(2)17-13(6-7-16-3)8-11-4-5-12(15)9-14(11)17/h4-5,8-10,16H,6-7H2,1-3H3. The van der Waals surface area contributed by atoms with Crippen molar-refractivity contribution in [2.75, 3.05) is 13.6 Å². The lowest BCUT2D eigenvalue weighted by Crippen LogP contribution is -2.14. The quantitative estimate of drug-likeness (QED) is 0.860. The Balaban J connectivity index is 2.54. The summed E-state index contributed by atoms with van der Waals surface area (Å²) in [6.45, 7) is 5.20. The first kappa shape index (κ1) is 12.1. The van der Waals surface area contributed by atoms with Gasteiger partial charge in [-0.2, -0.15) is 0 Å². The number of hydrogen-bond donors (Lipinski definition) is 1. The van der Waals surface area contributed by atoms with Crippen LogP contribution in [-0.4, -0.2) is 18.2 Å². The van der Waals surface area contributed by atoms with Crippen molar-refractivity contribution in [1.29, 1.82) is 0 Å². The number of hydrogen-bond acceptors (Lipinski definition) is 1. The van der Waals surface area contributed by atoms with Gasteiger partial charge >= 0.3 is 0 Å². The highest BCUT2D eigenvalue weighted by Gasteiger charge is 2.11. The topological polar surface area (TPSA) is 17.0 Å². The summed E-state index contributed by atoms with van der Waals surface area (Å²) in [5, 5.41) is 4.27. The van der Waals surface area contributed by atoms with E-state index in [9.17, 15) is 4.39 Å². The molecule has 3 heteroatoms. The summed E-state index contributed by atoms with van der Waals surface area (Å²) in [5.74, 6) is -0.169. The lowest BCUT2D eigenvalue weighted by atomic mass is 10.2. The monoisotopic (exact) mass is 234 g/mol. The first-order valence-corrected chi connectivity index (χ1v) is 6.07. The molecule has 1 aromatic carbocycles. The molecule has 0 aliphatic rings. The zero-order chi connectivity index (χ0) is 12.4. The Bertz CT molecular complexity index is 514. The molecular formula is C14H19FN2. The van der Waals surface area contributed by atoms with Crippen LogP contribution in [0.15, 0.2) is 24.3 Å². The SMILES string of the molecule is CNCCc1cc2ccc(F)cc2n1C(C)C. The fourth-order valence-corrected chi connectivity index (χ4v) is 2.31. The van der Waals surface area contributed by atoms with E-state index in [0.717, 1.165) is 23.9 Å². The van der Waals surface area contributed by atoms with Crippen LogP contribution in [0, 0.1) is 5.82 Å². The third-order valence-electron chi connectivity index (χ3n) is 3.03. The molecule has 0 atom stereocenters. The van der Waals surface area contributed by atoms with Crippen LogP contribution in [0.5, 0.6) is 0 Å². The summed E-state index contributed by atoms with van der Waals surface area (Å²) in [6.07, 6.45) is 0.963. The van der Waals surface area contributed by atoms with E-state index in [4.69, 9.17) is 0 Å². The van der Waals surface area contributed by atoms with Gasteiger partial charge in [0.25, 0.3) is 0 Å². The summed E-state index contributed by atoms with van der Waals surface area (Å²) in [5.41, 5.74) is 2.25. The molecule has 1 N–H and O–H groups in total. The lowest BCUT2D eigenvalue weighted by molar-refractivity contribution is 0.584. The highest BCUT2D eigenvalue weighted by atomic mass is 19.1. The van der Waals surface area contributed by atoms with Crippen molar-refractivity contribution in [3.8, 4) is 0 Å². The number of aromatic nitrogens is 1. The second-order valence-electron chi connectivity index (χ2n) is 4.66. The Morgan fingerprint density at radius 1 is 1.29 bits per heavy atom. The molecule has 0 aliphatic carbocycles. The van der Waals surface area contributed by atoms with Crippen molar-refractivity contribution in [3.05, 3.63) is 35.8 Å². The first-order chi connectivity index (χ1) is 8.13. The van der Waals surface area contributed by atoms with Crippen LogP contribution in [0.2, 0.25) is 0 Å². The Hall–Kier alpha value is -1.35. The Labute approximate surface area is 101 Å². The number of nitrogens with zero attached hydrogens (tertiary/aromatic N) is 1. The van der Waals surface area contributed by atoms with Gasteiger partial charge in [-0.1, -0.05) is 0 Å². The minimum absolute atomic E-state index is 0.169. The molecular weight excluding hydrogens is 215 g/mol. The zero-order valence-corrected chi connectivity index (χ0v) is 10.6. The number of nitrogens with one attached hydrogen (secondary N) is 1. The van der Waals surface area contributed by atoms with Crippen LogP contribution in [0.1, 0.15) is 25.6 Å². The van der Waals surface area contributed by atoms with E-state index in [1.165, 1.54) is 11.8 Å². The van der Waals surface area contributed by atoms with Crippen LogP contribution in [0.4, 0.5) is 4.39 Å². The summed E-state index contributed by atoms with van der Waals surface area (Å²) in [7, 11) is 1.95. The Morgan fingerprint density at radius 3 is 2.71 bits per heavy atom. The van der Waals surface area contributed by atoms with Gasteiger partial charge in [0.2, 0.25) is 0 Å². The predicted octanol–water partition coefficient (Wildman–Crippen LogP) is 3.12. The van der Waals surface area contributed by atoms with Gasteiger partial charge in [-0.25, -0.2) is 4.39 Å². The molecule has 0 aliphatic heterocycles. The first-order valence-electron chi connectivity index (χ1n) is 6.07. The van der Waals surface area contributed by atoms with E-state index >= 15 is 0 Å². The second-order valence-corrected chi connectivity index (χ2v) is 4.66. The molecule has 0 saturated heterocycles. The Morgan fingerprint density at radius 2 is 2.06 bits per heavy atom. The van der Waals surface area contributed by atoms with Crippen molar-refractivity contribution in [2.45, 2.75) is 26.3 Å². The maximum absolute atomic E-state index is 13.3. The number of fused-ring (bicyclic) bond motifs is 1. The molecule has 17 heavy (non-hydrogen) atoms. The molecule has 1 aromatic heterocycles. The number of rotatable bonds is 4. The van der Waals surface area contributed by atoms with Gasteiger partial charge in [0.05, 0.1) is 5.52 Å². The fourth-order valence-electron chi connectivity index (χ4n) is 2.31. The van der Waals surface area contributed by atoms with Crippen LogP contribution in [-0.2, 0) is 6.42 Å². The van der Waals surface area contributed by atoms with Gasteiger partial charge in [0, 0.05) is 30.1 Å². The summed E-state index contributed by atoms with van der Waals surface area (Å²) < 4.78 is 15.5. The largest absolute Gasteiger partial charge is 0.342 e. The summed E-state index contributed by atoms with van der Waals surface area (Å²) >= 11 is 0. The maximum atomic E-state index is 13.3. The average Bonchev–Trinajstić information content (AvgIpc) is 2.63. The smallest absolute Gasteiger partial charge is 0.125 e. The van der Waals surface area contributed by atoms with Crippen LogP contribution >= 0.6 is 0 Å². The van der Waals surface area contributed by atoms with Gasteiger partial charge in [-0.3, -0.25) is 0 Å². The van der Waals surface area contributed by atoms with E-state index in [1.54, 1.807) is 6.07 Å². The number of halogens is 1. The minimum atomic E-state index is -0.169. The molecule has 2 rings (SSSR count). The molecule has 2 aromatic rings. The molecule has 92 valence electrons. The normalized spacial score (nSPS) is 11.6. The van der Waals surface area contributed by atoms with E-state index in [-0.39, 0.29) is 5.82 Å². The second kappa shape index (κ2) is 4.88. The molecule has 2 nitrogen and oxygen atoms in total. The summed E-state index contributed by atoms with van der Waals surface area (Å²) in [4.78, 5) is 0. The van der Waals surface area contributed by atoms with Gasteiger partial charge in [-0.05, 0) is 45.2 Å². The van der Waals surface area contributed by atoms with Crippen molar-refractivity contribution in [2.24, 2.45) is 0 Å². The van der Waals surface area contributed by atoms with Crippen LogP contribution in [0.25, 0.3) is 10.9 Å². The van der Waals surface area contributed by atoms with Gasteiger partial charge < -0.3 is 9.88 Å². The average molecular weight is 234 g/mol. The molecule has 0 amide bonds. The molecule has 0 spiro atoms. The molecule has 0 unspecified atom stereocenters. The predicted molar refractivity (Wildman–Crippen MR) is 69.9 cm³/mol. The van der Waals surface area contributed by atoms with Crippen molar-refractivity contribution >= 4 is 10.9 Å². The third-order valence-corrected chi connectivity index (χ3v) is 3.03. The van der Waals surface area contributed by atoms with Crippen LogP contribution < -0.4 is 5.32 Å². The molecule has 0 fully saturated rings. The molecule has 0 radical (unpaired) electrons. The summed E-state index contributed by atoms with van der Waals surface area (Å²) in [6, 6.07) is 7.51. The fraction of sp³-hybridized carbons (Fsp3) is 0.429. The van der Waals surface area contributed by atoms with E-state index in [2.05, 4.69) is 29.8 Å². The number of likely N-dealkylation sites (N-methyl/N-ethyl adjacent to an activating group) is 1. The van der Waals surface area contributed by atoms with E-state index in [1.807, 2.05) is 13.1 Å². The maximum Gasteiger partial charge on any atom is 0.125 e. The molecule has 1 heterocycles. The van der Waals surface area contributed by atoms with Crippen LogP contribution in [0.3, 0.4) is 0 Å². The minimum Gasteiger partial charge on any atom is -0.342 e. The van der Waals surface area contributed by atoms with E-state index in [0.29, 0.717) is 6.04 Å². The third kappa shape index (κ3) is 2.34. The highest BCUT2D eigenvalue weighted by molar-refractivity contribution is 5.81. The van der Waals surface area contributed by atoms with Gasteiger partial charge in [0.1, 0.15) is 5.82 Å². The molecule has 0 bridgehead atoms. The van der Waals surface area contributed by atoms with E-state index < -0.39 is 0 Å². The lowest BCUT2D eigenvalue weighted by Gasteiger charge is -2.14. The van der Waals surface area contributed by atoms with Gasteiger partial charge in [0.15, 0.2) is 0 Å². The highest BCUT2D eigenvalue weighted by Crippen LogP contribution is 2.25. The van der Waals surface area contributed by atoms with Crippen molar-refractivity contribution in [1.82, 2.24) is 9.88 Å². The Kier molecular flexibility index (Phi) is 3.48. The number of benzene rings is 1. The zero-order valence-electron chi connectivity index (χ0n) is 10.6. The van der Waals surface area contributed by atoms with Gasteiger partial charge in [-0.15, -0.1) is 0 Å². The molecule has 0 saturated carbocycles.